The molecule has 3 aromatic rings. The van der Waals surface area contributed by atoms with Crippen LogP contribution in [-0.4, -0.2) is 84.2 Å². The first-order valence-electron chi connectivity index (χ1n) is 17.2. The summed E-state index contributed by atoms with van der Waals surface area (Å²) in [5.41, 5.74) is 1.56. The first-order chi connectivity index (χ1) is 23.4. The highest BCUT2D eigenvalue weighted by Crippen LogP contribution is 2.33. The van der Waals surface area contributed by atoms with Crippen LogP contribution < -0.4 is 10.6 Å². The molecule has 3 aromatic carbocycles. The Labute approximate surface area is 293 Å². The number of aliphatic hydroxyl groups excluding tert-OH is 1. The Kier molecular flexibility index (Phi) is 12.8. The van der Waals surface area contributed by atoms with Crippen LogP contribution in [0.3, 0.4) is 0 Å². The van der Waals surface area contributed by atoms with E-state index in [4.69, 9.17) is 0 Å². The Balaban J connectivity index is 1.59. The van der Waals surface area contributed by atoms with Crippen LogP contribution in [0, 0.1) is 11.8 Å². The van der Waals surface area contributed by atoms with E-state index in [1.807, 2.05) is 48.5 Å². The van der Waals surface area contributed by atoms with Crippen molar-refractivity contribution >= 4 is 32.4 Å². The lowest BCUT2D eigenvalue weighted by Gasteiger charge is -2.33. The maximum absolute atomic E-state index is 14.1. The predicted molar refractivity (Wildman–Crippen MR) is 190 cm³/mol. The van der Waals surface area contributed by atoms with Crippen molar-refractivity contribution in [2.45, 2.75) is 95.5 Å². The van der Waals surface area contributed by atoms with E-state index in [9.17, 15) is 36.3 Å². The third kappa shape index (κ3) is 10.1. The number of aliphatic hydroxyl groups is 1. The lowest BCUT2D eigenvalue weighted by Crippen LogP contribution is -2.58. The summed E-state index contributed by atoms with van der Waals surface area (Å²) in [6.45, 7) is 8.09. The van der Waals surface area contributed by atoms with E-state index in [2.05, 4.69) is 10.6 Å². The number of benzene rings is 3. The molecule has 2 amide bonds. The second kappa shape index (κ2) is 16.2. The van der Waals surface area contributed by atoms with Crippen LogP contribution >= 0.6 is 0 Å². The van der Waals surface area contributed by atoms with Crippen LogP contribution in [0.15, 0.2) is 72.8 Å². The number of nitrogens with one attached hydrogen (secondary N) is 2. The van der Waals surface area contributed by atoms with Gasteiger partial charge in [-0.1, -0.05) is 86.6 Å². The third-order valence-electron chi connectivity index (χ3n) is 9.57. The second-order valence-corrected chi connectivity index (χ2v) is 17.5. The number of likely N-dealkylation sites (tertiary alicyclic amines) is 1. The molecule has 274 valence electrons. The molecule has 1 fully saturated rings. The van der Waals surface area contributed by atoms with Gasteiger partial charge < -0.3 is 15.7 Å². The summed E-state index contributed by atoms with van der Waals surface area (Å²) in [7, 11) is -3.76. The molecule has 50 heavy (non-hydrogen) atoms. The maximum Gasteiger partial charge on any atom is 0.404 e. The molecule has 0 aliphatic carbocycles. The van der Waals surface area contributed by atoms with Gasteiger partial charge in [-0.2, -0.15) is 13.2 Å². The Morgan fingerprint density at radius 2 is 1.54 bits per heavy atom. The zero-order chi connectivity index (χ0) is 36.9. The van der Waals surface area contributed by atoms with Crippen LogP contribution in [0.2, 0.25) is 0 Å². The van der Waals surface area contributed by atoms with Gasteiger partial charge in [0.05, 0.1) is 28.6 Å². The molecule has 12 heteroatoms. The molecular formula is C38H50F3N3O5S. The fraction of sp³-hybridized carbons (Fsp3) is 0.526. The average molecular weight is 718 g/mol. The molecule has 0 radical (unpaired) electrons. The van der Waals surface area contributed by atoms with Gasteiger partial charge >= 0.3 is 6.18 Å². The maximum atomic E-state index is 14.1. The number of fused-ring (bicyclic) bond motifs is 1. The molecule has 8 nitrogen and oxygen atoms in total. The Morgan fingerprint density at radius 3 is 2.18 bits per heavy atom. The number of hydrogen-bond donors (Lipinski definition) is 3. The molecule has 1 saturated heterocycles. The van der Waals surface area contributed by atoms with Gasteiger partial charge in [-0.15, -0.1) is 0 Å². The van der Waals surface area contributed by atoms with E-state index in [0.717, 1.165) is 21.9 Å². The zero-order valence-electron chi connectivity index (χ0n) is 29.4. The van der Waals surface area contributed by atoms with Crippen LogP contribution in [0.25, 0.3) is 10.8 Å². The van der Waals surface area contributed by atoms with E-state index in [0.29, 0.717) is 6.42 Å². The molecule has 0 bridgehead atoms. The van der Waals surface area contributed by atoms with Gasteiger partial charge in [0, 0.05) is 6.54 Å². The van der Waals surface area contributed by atoms with E-state index in [1.165, 1.54) is 4.90 Å². The minimum atomic E-state index is -4.44. The SMILES string of the molecule is CC(C)[C@H](NC(=O)[C@H](Cc1cccc2ccccc12)CS(=O)(=O)C(C)(C)C)C(=O)N[C@@H](Cc1ccccc1)[C@@H](O)CN1CCC[C@H]1C(F)(F)F. The number of alkyl halides is 3. The van der Waals surface area contributed by atoms with Gasteiger partial charge in [0.1, 0.15) is 12.1 Å². The van der Waals surface area contributed by atoms with Crippen molar-refractivity contribution in [2.75, 3.05) is 18.8 Å². The molecule has 0 saturated carbocycles. The Bertz CT molecular complexity index is 1700. The topological polar surface area (TPSA) is 116 Å². The number of carbonyl (C=O) groups excluding carboxylic acids is 2. The summed E-state index contributed by atoms with van der Waals surface area (Å²) in [5, 5.41) is 18.8. The van der Waals surface area contributed by atoms with Crippen LogP contribution in [-0.2, 0) is 32.3 Å². The molecule has 1 aliphatic rings. The minimum Gasteiger partial charge on any atom is -0.390 e. The number of halogens is 3. The monoisotopic (exact) mass is 717 g/mol. The van der Waals surface area contributed by atoms with Crippen molar-refractivity contribution in [1.82, 2.24) is 15.5 Å². The molecule has 1 heterocycles. The molecule has 0 spiro atoms. The first-order valence-corrected chi connectivity index (χ1v) is 18.8. The lowest BCUT2D eigenvalue weighted by molar-refractivity contribution is -0.178. The van der Waals surface area contributed by atoms with Crippen molar-refractivity contribution in [2.24, 2.45) is 11.8 Å². The summed E-state index contributed by atoms with van der Waals surface area (Å²) in [6, 6.07) is 18.5. The highest BCUT2D eigenvalue weighted by Gasteiger charge is 2.46. The third-order valence-corrected chi connectivity index (χ3v) is 12.3. The van der Waals surface area contributed by atoms with Crippen molar-refractivity contribution in [3.63, 3.8) is 0 Å². The number of rotatable bonds is 14. The highest BCUT2D eigenvalue weighted by atomic mass is 32.2. The predicted octanol–water partition coefficient (Wildman–Crippen LogP) is 5.47. The Morgan fingerprint density at radius 1 is 0.900 bits per heavy atom. The van der Waals surface area contributed by atoms with Gasteiger partial charge in [0.15, 0.2) is 9.84 Å². The van der Waals surface area contributed by atoms with Crippen LogP contribution in [0.1, 0.15) is 58.6 Å². The number of sulfone groups is 1. The van der Waals surface area contributed by atoms with Gasteiger partial charge in [0.2, 0.25) is 11.8 Å². The lowest BCUT2D eigenvalue weighted by atomic mass is 9.94. The molecule has 4 rings (SSSR count). The second-order valence-electron chi connectivity index (χ2n) is 14.7. The van der Waals surface area contributed by atoms with Crippen molar-refractivity contribution < 1.29 is 36.3 Å². The van der Waals surface area contributed by atoms with E-state index in [-0.39, 0.29) is 32.4 Å². The van der Waals surface area contributed by atoms with Crippen LogP contribution in [0.4, 0.5) is 13.2 Å². The molecule has 0 unspecified atom stereocenters. The first kappa shape index (κ1) is 39.3. The number of amides is 2. The van der Waals surface area contributed by atoms with E-state index < -0.39 is 74.4 Å². The van der Waals surface area contributed by atoms with Gasteiger partial charge in [-0.05, 0) is 80.8 Å². The highest BCUT2D eigenvalue weighted by molar-refractivity contribution is 7.92. The number of carbonyl (C=O) groups is 2. The summed E-state index contributed by atoms with van der Waals surface area (Å²) in [5.74, 6) is -3.14. The van der Waals surface area contributed by atoms with Crippen molar-refractivity contribution in [1.29, 1.82) is 0 Å². The van der Waals surface area contributed by atoms with Gasteiger partial charge in [-0.3, -0.25) is 14.5 Å². The molecule has 3 N–H and O–H groups in total. The number of β-amino-alcohol motifs (C(OH)–C–C–N with tert-alkyl or cyclic N) is 1. The Hall–Kier alpha value is -3.48. The van der Waals surface area contributed by atoms with Crippen molar-refractivity contribution in [3.05, 3.63) is 83.9 Å². The van der Waals surface area contributed by atoms with Gasteiger partial charge in [0.25, 0.3) is 0 Å². The molecule has 1 aliphatic heterocycles. The number of nitrogens with zero attached hydrogens (tertiary/aromatic N) is 1. The summed E-state index contributed by atoms with van der Waals surface area (Å²) in [4.78, 5) is 29.2. The summed E-state index contributed by atoms with van der Waals surface area (Å²) < 4.78 is 66.9. The fourth-order valence-electron chi connectivity index (χ4n) is 6.49. The van der Waals surface area contributed by atoms with Crippen LogP contribution in [0.5, 0.6) is 0 Å². The standard InChI is InChI=1S/C38H50F3N3O5S/c1-25(2)34(36(47)42-31(21-26-13-7-6-8-14-26)32(45)23-44-20-12-19-33(44)38(39,40)41)43-35(46)29(24-50(48,49)37(3,4)5)22-28-17-11-16-27-15-9-10-18-30(27)28/h6-11,13-18,25,29,31-34,45H,12,19-24H2,1-5H3,(H,42,47)(H,43,46)/t29-,31+,32+,33+,34+/m1/s1. The average Bonchev–Trinajstić information content (AvgIpc) is 3.51. The largest absolute Gasteiger partial charge is 0.404 e. The molecule has 0 aromatic heterocycles. The van der Waals surface area contributed by atoms with E-state index >= 15 is 0 Å². The van der Waals surface area contributed by atoms with Gasteiger partial charge in [-0.25, -0.2) is 8.42 Å². The smallest absolute Gasteiger partial charge is 0.390 e. The normalized spacial score (nSPS) is 18.5. The summed E-state index contributed by atoms with van der Waals surface area (Å²) in [6.07, 6.45) is -5.24. The summed E-state index contributed by atoms with van der Waals surface area (Å²) >= 11 is 0. The molecular weight excluding hydrogens is 667 g/mol. The molecule has 5 atom stereocenters. The van der Waals surface area contributed by atoms with Crippen molar-refractivity contribution in [3.8, 4) is 0 Å². The minimum absolute atomic E-state index is 0.0573. The zero-order valence-corrected chi connectivity index (χ0v) is 30.2. The number of hydrogen-bond acceptors (Lipinski definition) is 6. The fourth-order valence-corrected chi connectivity index (χ4v) is 7.79. The quantitative estimate of drug-likeness (QED) is 0.204. The van der Waals surface area contributed by atoms with E-state index in [1.54, 1.807) is 58.9 Å².